The highest BCUT2D eigenvalue weighted by molar-refractivity contribution is 5.91. The van der Waals surface area contributed by atoms with E-state index in [9.17, 15) is 9.90 Å². The van der Waals surface area contributed by atoms with Gasteiger partial charge in [0.1, 0.15) is 5.75 Å². The molecule has 1 aromatic carbocycles. The summed E-state index contributed by atoms with van der Waals surface area (Å²) in [6.45, 7) is 3.60. The van der Waals surface area contributed by atoms with Crippen molar-refractivity contribution in [1.82, 2.24) is 24.6 Å². The normalized spacial score (nSPS) is 17.0. The lowest BCUT2D eigenvalue weighted by Gasteiger charge is -2.14. The molecule has 0 radical (unpaired) electrons. The largest absolute Gasteiger partial charge is 0.507 e. The quantitative estimate of drug-likeness (QED) is 0.562. The standard InChI is InChI=1S/C21H21N5O2/c1-12-19-13(11-25(2)24-19)9-16(20(12)27)17-4-3-15-18(23-17)6-8-26(21(15)28)14-5-7-22-10-14/h3-4,6,8-9,11,14,22,27H,5,7,10H2,1-2H3. The molecule has 1 aliphatic rings. The molecule has 0 saturated carbocycles. The Morgan fingerprint density at radius 3 is 2.93 bits per heavy atom. The zero-order valence-corrected chi connectivity index (χ0v) is 15.8. The van der Waals surface area contributed by atoms with E-state index in [2.05, 4.69) is 15.4 Å². The van der Waals surface area contributed by atoms with Crippen LogP contribution in [0.2, 0.25) is 0 Å². The SMILES string of the molecule is Cc1c(O)c(-c2ccc3c(=O)n(C4CCNC4)ccc3n2)cc2cn(C)nc12. The van der Waals surface area contributed by atoms with Crippen molar-refractivity contribution in [2.45, 2.75) is 19.4 Å². The van der Waals surface area contributed by atoms with Crippen molar-refractivity contribution in [3.8, 4) is 17.0 Å². The van der Waals surface area contributed by atoms with Crippen molar-refractivity contribution in [3.63, 3.8) is 0 Å². The number of fused-ring (bicyclic) bond motifs is 2. The minimum absolute atomic E-state index is 0.0200. The van der Waals surface area contributed by atoms with Crippen molar-refractivity contribution in [1.29, 1.82) is 0 Å². The topological polar surface area (TPSA) is 85.0 Å². The Kier molecular flexibility index (Phi) is 3.73. The first-order chi connectivity index (χ1) is 13.5. The van der Waals surface area contributed by atoms with Crippen LogP contribution in [0.1, 0.15) is 18.0 Å². The number of nitrogens with zero attached hydrogens (tertiary/aromatic N) is 4. The van der Waals surface area contributed by atoms with E-state index in [0.717, 1.165) is 36.0 Å². The van der Waals surface area contributed by atoms with E-state index in [0.29, 0.717) is 22.2 Å². The van der Waals surface area contributed by atoms with Gasteiger partial charge in [0.05, 0.1) is 28.2 Å². The van der Waals surface area contributed by atoms with E-state index in [1.807, 2.05) is 38.5 Å². The molecule has 1 atom stereocenters. The predicted octanol–water partition coefficient (Wildman–Crippen LogP) is 2.50. The maximum atomic E-state index is 12.9. The Morgan fingerprint density at radius 2 is 2.14 bits per heavy atom. The van der Waals surface area contributed by atoms with Crippen molar-refractivity contribution in [2.24, 2.45) is 7.05 Å². The van der Waals surface area contributed by atoms with Gasteiger partial charge in [-0.15, -0.1) is 0 Å². The molecule has 7 heteroatoms. The number of hydrogen-bond acceptors (Lipinski definition) is 5. The third-order valence-corrected chi connectivity index (χ3v) is 5.61. The Hall–Kier alpha value is -3.19. The van der Waals surface area contributed by atoms with Gasteiger partial charge in [-0.2, -0.15) is 5.10 Å². The average molecular weight is 375 g/mol. The molecular weight excluding hydrogens is 354 g/mol. The smallest absolute Gasteiger partial charge is 0.260 e. The number of benzene rings is 1. The fourth-order valence-corrected chi connectivity index (χ4v) is 4.09. The van der Waals surface area contributed by atoms with Crippen LogP contribution in [0.4, 0.5) is 0 Å². The first kappa shape index (κ1) is 16.9. The monoisotopic (exact) mass is 375 g/mol. The second-order valence-electron chi connectivity index (χ2n) is 7.44. The van der Waals surface area contributed by atoms with Gasteiger partial charge < -0.3 is 15.0 Å². The van der Waals surface area contributed by atoms with Gasteiger partial charge in [0, 0.05) is 42.5 Å². The molecule has 1 fully saturated rings. The van der Waals surface area contributed by atoms with Gasteiger partial charge in [-0.25, -0.2) is 4.98 Å². The fourth-order valence-electron chi connectivity index (χ4n) is 4.09. The third-order valence-electron chi connectivity index (χ3n) is 5.61. The summed E-state index contributed by atoms with van der Waals surface area (Å²) in [5, 5.41) is 19.9. The Bertz CT molecular complexity index is 1280. The number of hydrogen-bond donors (Lipinski definition) is 2. The molecule has 2 N–H and O–H groups in total. The first-order valence-electron chi connectivity index (χ1n) is 9.42. The summed E-state index contributed by atoms with van der Waals surface area (Å²) in [4.78, 5) is 17.6. The van der Waals surface area contributed by atoms with Crippen LogP contribution in [-0.2, 0) is 7.05 Å². The van der Waals surface area contributed by atoms with E-state index in [-0.39, 0.29) is 17.4 Å². The number of aromatic nitrogens is 4. The van der Waals surface area contributed by atoms with Crippen LogP contribution in [0, 0.1) is 6.92 Å². The lowest BCUT2D eigenvalue weighted by atomic mass is 10.0. The molecule has 5 rings (SSSR count). The number of phenolic OH excluding ortho intramolecular Hbond substituents is 1. The number of nitrogens with one attached hydrogen (secondary N) is 1. The molecule has 4 heterocycles. The number of pyridine rings is 2. The zero-order chi connectivity index (χ0) is 19.4. The highest BCUT2D eigenvalue weighted by Gasteiger charge is 2.19. The first-order valence-corrected chi connectivity index (χ1v) is 9.42. The summed E-state index contributed by atoms with van der Waals surface area (Å²) < 4.78 is 3.53. The highest BCUT2D eigenvalue weighted by Crippen LogP contribution is 2.36. The highest BCUT2D eigenvalue weighted by atomic mass is 16.3. The molecule has 7 nitrogen and oxygen atoms in total. The zero-order valence-electron chi connectivity index (χ0n) is 15.8. The molecule has 0 amide bonds. The number of phenols is 1. The summed E-state index contributed by atoms with van der Waals surface area (Å²) in [7, 11) is 1.86. The van der Waals surface area contributed by atoms with Gasteiger partial charge in [-0.3, -0.25) is 9.48 Å². The minimum Gasteiger partial charge on any atom is -0.507 e. The van der Waals surface area contributed by atoms with Crippen LogP contribution in [-0.4, -0.2) is 37.5 Å². The lowest BCUT2D eigenvalue weighted by Crippen LogP contribution is -2.25. The molecule has 1 unspecified atom stereocenters. The van der Waals surface area contributed by atoms with Gasteiger partial charge in [0.2, 0.25) is 0 Å². The maximum Gasteiger partial charge on any atom is 0.260 e. The van der Waals surface area contributed by atoms with Crippen LogP contribution in [0.15, 0.2) is 41.5 Å². The summed E-state index contributed by atoms with van der Waals surface area (Å²) >= 11 is 0. The molecule has 28 heavy (non-hydrogen) atoms. The molecule has 1 aliphatic heterocycles. The van der Waals surface area contributed by atoms with Crippen LogP contribution >= 0.6 is 0 Å². The van der Waals surface area contributed by atoms with Gasteiger partial charge in [-0.05, 0) is 44.2 Å². The molecule has 1 saturated heterocycles. The summed E-state index contributed by atoms with van der Waals surface area (Å²) in [5.41, 5.74) is 3.39. The molecule has 0 spiro atoms. The summed E-state index contributed by atoms with van der Waals surface area (Å²) in [5.74, 6) is 0.170. The van der Waals surface area contributed by atoms with Crippen LogP contribution in [0.3, 0.4) is 0 Å². The van der Waals surface area contributed by atoms with E-state index in [1.54, 1.807) is 21.4 Å². The number of rotatable bonds is 2. The van der Waals surface area contributed by atoms with E-state index in [4.69, 9.17) is 0 Å². The van der Waals surface area contributed by atoms with Gasteiger partial charge in [0.15, 0.2) is 0 Å². The second kappa shape index (κ2) is 6.17. The Morgan fingerprint density at radius 1 is 1.29 bits per heavy atom. The Labute approximate surface area is 161 Å². The van der Waals surface area contributed by atoms with E-state index in [1.165, 1.54) is 0 Å². The molecule has 0 aliphatic carbocycles. The van der Waals surface area contributed by atoms with Crippen LogP contribution in [0.5, 0.6) is 5.75 Å². The van der Waals surface area contributed by atoms with Crippen molar-refractivity contribution < 1.29 is 5.11 Å². The van der Waals surface area contributed by atoms with Gasteiger partial charge in [-0.1, -0.05) is 0 Å². The van der Waals surface area contributed by atoms with Crippen LogP contribution < -0.4 is 10.9 Å². The third kappa shape index (κ3) is 2.51. The molecular formula is C21H21N5O2. The van der Waals surface area contributed by atoms with E-state index < -0.39 is 0 Å². The molecule has 3 aromatic heterocycles. The summed E-state index contributed by atoms with van der Waals surface area (Å²) in [6, 6.07) is 7.57. The second-order valence-corrected chi connectivity index (χ2v) is 7.44. The Balaban J connectivity index is 1.66. The van der Waals surface area contributed by atoms with Crippen molar-refractivity contribution in [2.75, 3.05) is 13.1 Å². The number of aryl methyl sites for hydroxylation is 2. The van der Waals surface area contributed by atoms with E-state index >= 15 is 0 Å². The van der Waals surface area contributed by atoms with Crippen molar-refractivity contribution in [3.05, 3.63) is 52.6 Å². The van der Waals surface area contributed by atoms with Gasteiger partial charge in [0.25, 0.3) is 5.56 Å². The molecule has 4 aromatic rings. The summed E-state index contributed by atoms with van der Waals surface area (Å²) in [6.07, 6.45) is 4.70. The maximum absolute atomic E-state index is 12.9. The van der Waals surface area contributed by atoms with Crippen molar-refractivity contribution >= 4 is 21.8 Å². The molecule has 0 bridgehead atoms. The van der Waals surface area contributed by atoms with Gasteiger partial charge >= 0.3 is 0 Å². The number of aromatic hydroxyl groups is 1. The molecule has 142 valence electrons. The minimum atomic E-state index is -0.0200. The average Bonchev–Trinajstić information content (AvgIpc) is 3.34. The van der Waals surface area contributed by atoms with Crippen LogP contribution in [0.25, 0.3) is 33.1 Å². The predicted molar refractivity (Wildman–Crippen MR) is 109 cm³/mol. The lowest BCUT2D eigenvalue weighted by molar-refractivity contribution is 0.474. The fraction of sp³-hybridized carbons (Fsp3) is 0.286.